The molecular formula is C35H45NO3. The minimum absolute atomic E-state index is 0.0132. The summed E-state index contributed by atoms with van der Waals surface area (Å²) in [6.07, 6.45) is 14.2. The Bertz CT molecular complexity index is 1210. The Balaban J connectivity index is 1.35. The van der Waals surface area contributed by atoms with Gasteiger partial charge >= 0.3 is 5.97 Å². The third-order valence-electron chi connectivity index (χ3n) is 11.6. The maximum absolute atomic E-state index is 12.7. The number of hydrogen-bond acceptors (Lipinski definition) is 4. The lowest BCUT2D eigenvalue weighted by Crippen LogP contribution is -2.54. The molecule has 0 saturated heterocycles. The van der Waals surface area contributed by atoms with Crippen molar-refractivity contribution in [1.82, 2.24) is 0 Å². The van der Waals surface area contributed by atoms with Gasteiger partial charge in [-0.25, -0.2) is 4.79 Å². The van der Waals surface area contributed by atoms with Gasteiger partial charge in [0.15, 0.2) is 5.78 Å². The van der Waals surface area contributed by atoms with Crippen molar-refractivity contribution in [2.24, 2.45) is 45.8 Å². The highest BCUT2D eigenvalue weighted by Crippen LogP contribution is 2.72. The van der Waals surface area contributed by atoms with Gasteiger partial charge in [0.25, 0.3) is 0 Å². The number of nitrogens with zero attached hydrogens (tertiary/aromatic N) is 1. The number of allylic oxidation sites excluding steroid dienone is 4. The molecule has 39 heavy (non-hydrogen) atoms. The summed E-state index contributed by atoms with van der Waals surface area (Å²) in [4.78, 5) is 25.0. The fourth-order valence-corrected chi connectivity index (χ4v) is 9.10. The first-order chi connectivity index (χ1) is 18.6. The summed E-state index contributed by atoms with van der Waals surface area (Å²) in [7, 11) is 0. The fraction of sp³-hybridized carbons (Fsp3) is 0.629. The molecule has 0 aliphatic heterocycles. The summed E-state index contributed by atoms with van der Waals surface area (Å²) < 4.78 is 5.99. The van der Waals surface area contributed by atoms with Gasteiger partial charge in [0.05, 0.1) is 17.0 Å². The van der Waals surface area contributed by atoms with Gasteiger partial charge in [-0.3, -0.25) is 4.79 Å². The predicted octanol–water partition coefficient (Wildman–Crippen LogP) is 8.10. The second-order valence-corrected chi connectivity index (χ2v) is 13.7. The molecule has 0 aromatic heterocycles. The third-order valence-corrected chi connectivity index (χ3v) is 11.6. The van der Waals surface area contributed by atoms with Gasteiger partial charge in [0.1, 0.15) is 6.10 Å². The number of rotatable bonds is 6. The van der Waals surface area contributed by atoms with E-state index < -0.39 is 5.41 Å². The van der Waals surface area contributed by atoms with E-state index in [1.54, 1.807) is 6.08 Å². The molecule has 4 nitrogen and oxygen atoms in total. The molecule has 3 fully saturated rings. The summed E-state index contributed by atoms with van der Waals surface area (Å²) in [5.74, 6) is 1.53. The number of hydrogen-bond donors (Lipinski definition) is 0. The molecule has 5 rings (SSSR count). The average Bonchev–Trinajstić information content (AvgIpc) is 3.25. The van der Waals surface area contributed by atoms with Crippen molar-refractivity contribution in [3.05, 3.63) is 59.7 Å². The molecule has 8 atom stereocenters. The van der Waals surface area contributed by atoms with Crippen LogP contribution >= 0.6 is 0 Å². The zero-order valence-electron chi connectivity index (χ0n) is 24.4. The first-order valence-corrected chi connectivity index (χ1v) is 15.2. The summed E-state index contributed by atoms with van der Waals surface area (Å²) in [5.41, 5.74) is 1.66. The lowest BCUT2D eigenvalue weighted by Gasteiger charge is -2.60. The van der Waals surface area contributed by atoms with Crippen LogP contribution in [-0.4, -0.2) is 17.9 Å². The number of ketones is 1. The van der Waals surface area contributed by atoms with Gasteiger partial charge in [0, 0.05) is 5.92 Å². The minimum atomic E-state index is -0.421. The van der Waals surface area contributed by atoms with E-state index in [2.05, 4.69) is 39.0 Å². The van der Waals surface area contributed by atoms with Gasteiger partial charge in [-0.1, -0.05) is 65.0 Å². The van der Waals surface area contributed by atoms with Gasteiger partial charge in [-0.2, -0.15) is 5.26 Å². The molecule has 4 heteroatoms. The molecule has 3 saturated carbocycles. The normalized spacial score (nSPS) is 38.2. The van der Waals surface area contributed by atoms with Crippen molar-refractivity contribution in [2.75, 3.05) is 0 Å². The van der Waals surface area contributed by atoms with Gasteiger partial charge in [0.2, 0.25) is 0 Å². The highest BCUT2D eigenvalue weighted by molar-refractivity contribution is 5.91. The first-order valence-electron chi connectivity index (χ1n) is 15.2. The van der Waals surface area contributed by atoms with E-state index in [-0.39, 0.29) is 40.5 Å². The van der Waals surface area contributed by atoms with E-state index >= 15 is 0 Å². The van der Waals surface area contributed by atoms with E-state index in [0.717, 1.165) is 51.4 Å². The monoisotopic (exact) mass is 527 g/mol. The summed E-state index contributed by atoms with van der Waals surface area (Å²) >= 11 is 0. The second-order valence-electron chi connectivity index (χ2n) is 13.7. The van der Waals surface area contributed by atoms with Crippen molar-refractivity contribution in [3.8, 4) is 6.07 Å². The largest absolute Gasteiger partial charge is 0.459 e. The molecule has 0 bridgehead atoms. The number of nitriles is 1. The fourth-order valence-electron chi connectivity index (χ4n) is 9.10. The molecule has 0 amide bonds. The molecule has 1 aromatic rings. The van der Waals surface area contributed by atoms with E-state index in [4.69, 9.17) is 4.74 Å². The molecule has 0 unspecified atom stereocenters. The Labute approximate surface area is 234 Å². The van der Waals surface area contributed by atoms with Crippen LogP contribution in [0.4, 0.5) is 0 Å². The zero-order valence-corrected chi connectivity index (χ0v) is 24.4. The van der Waals surface area contributed by atoms with Crippen LogP contribution in [0.25, 0.3) is 0 Å². The topological polar surface area (TPSA) is 67.2 Å². The van der Waals surface area contributed by atoms with E-state index in [9.17, 15) is 14.9 Å². The van der Waals surface area contributed by atoms with Gasteiger partial charge in [-0.15, -0.1) is 0 Å². The van der Waals surface area contributed by atoms with Crippen LogP contribution in [0.1, 0.15) is 96.3 Å². The number of esters is 1. The Morgan fingerprint density at radius 2 is 1.79 bits per heavy atom. The van der Waals surface area contributed by atoms with Crippen molar-refractivity contribution in [1.29, 1.82) is 5.26 Å². The van der Waals surface area contributed by atoms with E-state index in [1.807, 2.05) is 44.2 Å². The first kappa shape index (κ1) is 27.9. The van der Waals surface area contributed by atoms with Gasteiger partial charge < -0.3 is 4.74 Å². The summed E-state index contributed by atoms with van der Waals surface area (Å²) in [5, 5.41) is 10.9. The van der Waals surface area contributed by atoms with Gasteiger partial charge in [-0.05, 0) is 110 Å². The summed E-state index contributed by atoms with van der Waals surface area (Å²) in [6, 6.07) is 12.2. The Morgan fingerprint density at radius 3 is 2.49 bits per heavy atom. The molecular weight excluding hydrogens is 482 g/mol. The SMILES string of the molecule is CC(C)C(=O)C=C[C@@H](C)[C@H]1CC[C@@]2(C#N)C3=CC[C@H]4C[C@@H](OC(=O)c5ccccc5)CC[C@]4(C)[C@H]3CC[C@]12C. The van der Waals surface area contributed by atoms with E-state index in [0.29, 0.717) is 23.3 Å². The summed E-state index contributed by atoms with van der Waals surface area (Å²) in [6.45, 7) is 11.0. The van der Waals surface area contributed by atoms with Crippen molar-refractivity contribution in [2.45, 2.75) is 92.1 Å². The van der Waals surface area contributed by atoms with Crippen LogP contribution in [0.15, 0.2) is 54.1 Å². The Hall–Kier alpha value is -2.67. The zero-order chi connectivity index (χ0) is 28.0. The molecule has 1 aromatic carbocycles. The van der Waals surface area contributed by atoms with Crippen LogP contribution in [-0.2, 0) is 9.53 Å². The number of fused-ring (bicyclic) bond motifs is 5. The predicted molar refractivity (Wildman–Crippen MR) is 154 cm³/mol. The van der Waals surface area contributed by atoms with Crippen LogP contribution < -0.4 is 0 Å². The average molecular weight is 528 g/mol. The molecule has 0 radical (unpaired) electrons. The highest BCUT2D eigenvalue weighted by atomic mass is 16.5. The van der Waals surface area contributed by atoms with Crippen LogP contribution in [0.2, 0.25) is 0 Å². The standard InChI is InChI=1S/C35H45NO3/c1-23(2)31(37)14-11-24(3)28-17-20-35(22-36)30-13-12-26-21-27(39-32(38)25-9-7-6-8-10-25)15-18-33(26,4)29(30)16-19-34(28,35)5/h6-11,13-14,23-24,26-29H,12,15-21H2,1-5H3/t24-,26+,27+,28-,29+,33+,34-,35-/m1/s1. The molecule has 0 spiro atoms. The maximum atomic E-state index is 12.7. The second kappa shape index (κ2) is 10.4. The van der Waals surface area contributed by atoms with Crippen molar-refractivity contribution >= 4 is 11.8 Å². The lowest BCUT2D eigenvalue weighted by molar-refractivity contribution is -0.117. The number of carbonyl (C=O) groups excluding carboxylic acids is 2. The van der Waals surface area contributed by atoms with Crippen LogP contribution in [0, 0.1) is 57.2 Å². The number of benzene rings is 1. The van der Waals surface area contributed by atoms with Crippen LogP contribution in [0.3, 0.4) is 0 Å². The minimum Gasteiger partial charge on any atom is -0.459 e. The Morgan fingerprint density at radius 1 is 1.05 bits per heavy atom. The van der Waals surface area contributed by atoms with Crippen LogP contribution in [0.5, 0.6) is 0 Å². The van der Waals surface area contributed by atoms with E-state index in [1.165, 1.54) is 5.57 Å². The van der Waals surface area contributed by atoms with Crippen molar-refractivity contribution < 1.29 is 14.3 Å². The number of ether oxygens (including phenoxy) is 1. The third kappa shape index (κ3) is 4.51. The lowest BCUT2D eigenvalue weighted by atomic mass is 9.43. The Kier molecular flexibility index (Phi) is 7.42. The number of carbonyl (C=O) groups is 2. The smallest absolute Gasteiger partial charge is 0.338 e. The quantitative estimate of drug-likeness (QED) is 0.213. The molecule has 4 aliphatic rings. The molecule has 208 valence electrons. The highest BCUT2D eigenvalue weighted by Gasteiger charge is 2.66. The molecule has 4 aliphatic carbocycles. The molecule has 0 N–H and O–H groups in total. The maximum Gasteiger partial charge on any atom is 0.338 e. The molecule has 0 heterocycles. The van der Waals surface area contributed by atoms with Crippen molar-refractivity contribution in [3.63, 3.8) is 0 Å².